The molecular weight excluding hydrogens is 520 g/mol. The van der Waals surface area contributed by atoms with Crippen molar-refractivity contribution in [2.24, 2.45) is 5.10 Å². The Hall–Kier alpha value is -1.38. The number of hydrogen-bond acceptors (Lipinski definition) is 4. The van der Waals surface area contributed by atoms with Crippen molar-refractivity contribution >= 4 is 59.9 Å². The number of benzene rings is 2. The van der Waals surface area contributed by atoms with Crippen LogP contribution in [0.15, 0.2) is 42.8 Å². The molecule has 0 aliphatic carbocycles. The van der Waals surface area contributed by atoms with Crippen LogP contribution in [-0.2, 0) is 4.79 Å². The van der Waals surface area contributed by atoms with Crippen LogP contribution in [0.25, 0.3) is 0 Å². The summed E-state index contributed by atoms with van der Waals surface area (Å²) in [5.41, 5.74) is 4.93. The molecule has 0 radical (unpaired) electrons. The molecule has 1 amide bonds. The van der Waals surface area contributed by atoms with Gasteiger partial charge in [-0.05, 0) is 62.9 Å². The SMILES string of the molecule is Cc1cccc(C)c1OCC(=O)NN=Cc1c(Br)cc(Br)c(O)c1Br. The molecule has 2 N–H and O–H groups in total. The zero-order chi connectivity index (χ0) is 18.6. The van der Waals surface area contributed by atoms with Crippen molar-refractivity contribution in [2.75, 3.05) is 6.61 Å². The van der Waals surface area contributed by atoms with E-state index in [4.69, 9.17) is 4.74 Å². The molecule has 2 aromatic rings. The smallest absolute Gasteiger partial charge is 0.277 e. The van der Waals surface area contributed by atoms with Gasteiger partial charge in [0.25, 0.3) is 5.91 Å². The number of nitrogens with zero attached hydrogens (tertiary/aromatic N) is 1. The first-order valence-electron chi connectivity index (χ1n) is 7.18. The van der Waals surface area contributed by atoms with E-state index >= 15 is 0 Å². The average Bonchev–Trinajstić information content (AvgIpc) is 2.55. The summed E-state index contributed by atoms with van der Waals surface area (Å²) in [6.07, 6.45) is 1.43. The zero-order valence-corrected chi connectivity index (χ0v) is 18.2. The number of carbonyl (C=O) groups excluding carboxylic acids is 1. The van der Waals surface area contributed by atoms with Crippen LogP contribution in [0, 0.1) is 13.8 Å². The maximum absolute atomic E-state index is 11.9. The molecule has 25 heavy (non-hydrogen) atoms. The number of phenols is 1. The molecule has 0 aromatic heterocycles. The molecule has 5 nitrogen and oxygen atoms in total. The lowest BCUT2D eigenvalue weighted by atomic mass is 10.1. The van der Waals surface area contributed by atoms with Crippen LogP contribution in [-0.4, -0.2) is 23.8 Å². The van der Waals surface area contributed by atoms with E-state index in [1.165, 1.54) is 6.21 Å². The fraction of sp³-hybridized carbons (Fsp3) is 0.176. The first kappa shape index (κ1) is 19.9. The maximum Gasteiger partial charge on any atom is 0.277 e. The Morgan fingerprint density at radius 1 is 1.24 bits per heavy atom. The minimum atomic E-state index is -0.382. The van der Waals surface area contributed by atoms with Gasteiger partial charge in [0.15, 0.2) is 6.61 Å². The number of halogens is 3. The number of amides is 1. The lowest BCUT2D eigenvalue weighted by Crippen LogP contribution is -2.25. The molecule has 0 aliphatic heterocycles. The van der Waals surface area contributed by atoms with Gasteiger partial charge >= 0.3 is 0 Å². The number of aromatic hydroxyl groups is 1. The normalized spacial score (nSPS) is 10.9. The minimum absolute atomic E-state index is 0.0503. The third-order valence-electron chi connectivity index (χ3n) is 3.32. The van der Waals surface area contributed by atoms with Gasteiger partial charge in [-0.3, -0.25) is 4.79 Å². The molecule has 0 saturated carbocycles. The largest absolute Gasteiger partial charge is 0.506 e. The van der Waals surface area contributed by atoms with Crippen LogP contribution in [0.4, 0.5) is 0 Å². The van der Waals surface area contributed by atoms with Crippen LogP contribution < -0.4 is 10.2 Å². The van der Waals surface area contributed by atoms with Crippen LogP contribution >= 0.6 is 47.8 Å². The number of nitrogens with one attached hydrogen (secondary N) is 1. The highest BCUT2D eigenvalue weighted by molar-refractivity contribution is 9.11. The molecular formula is C17H15Br3N2O3. The number of hydrazone groups is 1. The second-order valence-electron chi connectivity index (χ2n) is 5.22. The predicted molar refractivity (Wildman–Crippen MR) is 108 cm³/mol. The van der Waals surface area contributed by atoms with E-state index in [0.29, 0.717) is 24.7 Å². The Balaban J connectivity index is 1.99. The van der Waals surface area contributed by atoms with Gasteiger partial charge in [0.2, 0.25) is 0 Å². The van der Waals surface area contributed by atoms with E-state index in [1.807, 2.05) is 32.0 Å². The van der Waals surface area contributed by atoms with Gasteiger partial charge in [-0.15, -0.1) is 0 Å². The number of ether oxygens (including phenoxy) is 1. The Bertz CT molecular complexity index is 818. The summed E-state index contributed by atoms with van der Waals surface area (Å²) in [4.78, 5) is 11.9. The van der Waals surface area contributed by atoms with E-state index in [1.54, 1.807) is 6.07 Å². The van der Waals surface area contributed by atoms with Crippen molar-refractivity contribution in [1.82, 2.24) is 5.43 Å². The van der Waals surface area contributed by atoms with Crippen molar-refractivity contribution in [2.45, 2.75) is 13.8 Å². The minimum Gasteiger partial charge on any atom is -0.506 e. The Labute approximate surface area is 170 Å². The summed E-state index contributed by atoms with van der Waals surface area (Å²) in [6, 6.07) is 7.47. The summed E-state index contributed by atoms with van der Waals surface area (Å²) in [5.74, 6) is 0.367. The Morgan fingerprint density at radius 2 is 1.88 bits per heavy atom. The topological polar surface area (TPSA) is 70.9 Å². The van der Waals surface area contributed by atoms with Crippen LogP contribution in [0.1, 0.15) is 16.7 Å². The van der Waals surface area contributed by atoms with Gasteiger partial charge in [-0.1, -0.05) is 34.1 Å². The third-order valence-corrected chi connectivity index (χ3v) is 5.38. The highest BCUT2D eigenvalue weighted by Crippen LogP contribution is 2.38. The lowest BCUT2D eigenvalue weighted by Gasteiger charge is -2.11. The third kappa shape index (κ3) is 5.05. The van der Waals surface area contributed by atoms with Gasteiger partial charge in [0, 0.05) is 10.0 Å². The average molecular weight is 535 g/mol. The maximum atomic E-state index is 11.9. The van der Waals surface area contributed by atoms with Gasteiger partial charge in [0.05, 0.1) is 15.2 Å². The zero-order valence-electron chi connectivity index (χ0n) is 13.4. The highest BCUT2D eigenvalue weighted by Gasteiger charge is 2.12. The number of aryl methyl sites for hydroxylation is 2. The van der Waals surface area contributed by atoms with E-state index < -0.39 is 0 Å². The molecule has 0 aliphatic rings. The van der Waals surface area contributed by atoms with E-state index in [9.17, 15) is 9.90 Å². The van der Waals surface area contributed by atoms with Crippen molar-refractivity contribution in [3.63, 3.8) is 0 Å². The number of para-hydroxylation sites is 1. The highest BCUT2D eigenvalue weighted by atomic mass is 79.9. The number of carbonyl (C=O) groups is 1. The molecule has 0 bridgehead atoms. The summed E-state index contributed by atoms with van der Waals surface area (Å²) in [5, 5.41) is 13.8. The van der Waals surface area contributed by atoms with Gasteiger partial charge in [0.1, 0.15) is 11.5 Å². The molecule has 0 fully saturated rings. The number of hydrogen-bond donors (Lipinski definition) is 2. The van der Waals surface area contributed by atoms with E-state index in [2.05, 4.69) is 58.3 Å². The lowest BCUT2D eigenvalue weighted by molar-refractivity contribution is -0.123. The van der Waals surface area contributed by atoms with Crippen molar-refractivity contribution < 1.29 is 14.6 Å². The molecule has 132 valence electrons. The van der Waals surface area contributed by atoms with Gasteiger partial charge in [-0.25, -0.2) is 5.43 Å². The van der Waals surface area contributed by atoms with E-state index in [-0.39, 0.29) is 18.3 Å². The molecule has 8 heteroatoms. The second-order valence-corrected chi connectivity index (χ2v) is 7.72. The van der Waals surface area contributed by atoms with Crippen molar-refractivity contribution in [3.8, 4) is 11.5 Å². The molecule has 0 heterocycles. The summed E-state index contributed by atoms with van der Waals surface area (Å²) < 4.78 is 7.26. The summed E-state index contributed by atoms with van der Waals surface area (Å²) in [6.45, 7) is 3.71. The molecule has 0 spiro atoms. The summed E-state index contributed by atoms with van der Waals surface area (Å²) in [7, 11) is 0. The quantitative estimate of drug-likeness (QED) is 0.426. The van der Waals surface area contributed by atoms with Crippen LogP contribution in [0.5, 0.6) is 11.5 Å². The second kappa shape index (κ2) is 8.82. The number of phenolic OH excluding ortho intramolecular Hbond substituents is 1. The monoisotopic (exact) mass is 532 g/mol. The first-order valence-corrected chi connectivity index (χ1v) is 9.56. The summed E-state index contributed by atoms with van der Waals surface area (Å²) >= 11 is 9.90. The molecule has 0 atom stereocenters. The Morgan fingerprint density at radius 3 is 2.52 bits per heavy atom. The predicted octanol–water partition coefficient (Wildman–Crippen LogP) is 4.83. The van der Waals surface area contributed by atoms with Gasteiger partial charge < -0.3 is 9.84 Å². The van der Waals surface area contributed by atoms with Crippen molar-refractivity contribution in [1.29, 1.82) is 0 Å². The first-order chi connectivity index (χ1) is 11.8. The fourth-order valence-electron chi connectivity index (χ4n) is 2.08. The fourth-order valence-corrected chi connectivity index (χ4v) is 4.40. The van der Waals surface area contributed by atoms with Crippen LogP contribution in [0.2, 0.25) is 0 Å². The molecule has 0 saturated heterocycles. The number of rotatable bonds is 5. The Kier molecular flexibility index (Phi) is 7.04. The van der Waals surface area contributed by atoms with Crippen molar-refractivity contribution in [3.05, 3.63) is 54.4 Å². The van der Waals surface area contributed by atoms with E-state index in [0.717, 1.165) is 11.1 Å². The van der Waals surface area contributed by atoms with Gasteiger partial charge in [-0.2, -0.15) is 5.10 Å². The standard InChI is InChI=1S/C17H15Br3N2O3/c1-9-4-3-5-10(2)17(9)25-8-14(23)22-21-7-11-12(18)6-13(19)16(24)15(11)20/h3-7,24H,8H2,1-2H3,(H,22,23). The molecule has 0 unspecified atom stereocenters. The molecule has 2 rings (SSSR count). The molecule has 2 aromatic carbocycles. The van der Waals surface area contributed by atoms with Crippen LogP contribution in [0.3, 0.4) is 0 Å².